The molecule has 0 saturated heterocycles. The minimum atomic E-state index is -0.945. The van der Waals surface area contributed by atoms with E-state index in [2.05, 4.69) is 41.1 Å². The van der Waals surface area contributed by atoms with Gasteiger partial charge in [-0.1, -0.05) is 66.7 Å². The third kappa shape index (κ3) is 7.75. The third-order valence-corrected chi connectivity index (χ3v) is 6.13. The van der Waals surface area contributed by atoms with Crippen LogP contribution in [0.2, 0.25) is 0 Å². The highest BCUT2D eigenvalue weighted by Crippen LogP contribution is 2.40. The maximum Gasteiger partial charge on any atom is 0.311 e. The summed E-state index contributed by atoms with van der Waals surface area (Å²) in [5.41, 5.74) is 2.34. The van der Waals surface area contributed by atoms with E-state index in [0.717, 1.165) is 16.7 Å². The topological polar surface area (TPSA) is 79.7 Å². The lowest BCUT2D eigenvalue weighted by molar-refractivity contribution is -0.164. The molecular weight excluding hydrogens is 452 g/mol. The Morgan fingerprint density at radius 1 is 0.944 bits per heavy atom. The molecule has 0 saturated carbocycles. The minimum absolute atomic E-state index is 0.0774. The summed E-state index contributed by atoms with van der Waals surface area (Å²) in [6.07, 6.45) is 3.47. The first-order chi connectivity index (χ1) is 17.2. The molecule has 0 fully saturated rings. The quantitative estimate of drug-likeness (QED) is 0.323. The van der Waals surface area contributed by atoms with Gasteiger partial charge in [0.05, 0.1) is 12.0 Å². The van der Waals surface area contributed by atoms with Crippen molar-refractivity contribution in [3.63, 3.8) is 0 Å². The predicted molar refractivity (Wildman–Crippen MR) is 140 cm³/mol. The van der Waals surface area contributed by atoms with Crippen molar-refractivity contribution >= 4 is 11.9 Å². The SMILES string of the molecule is C[C@H](c1ccccc1)N(Cc1ccccc1)[C@H](c1cccnc1)[C@H](CCC(=O)O)C(=O)OC(C)(C)C. The molecule has 0 spiro atoms. The van der Waals surface area contributed by atoms with Crippen LogP contribution >= 0.6 is 0 Å². The van der Waals surface area contributed by atoms with E-state index < -0.39 is 29.5 Å². The van der Waals surface area contributed by atoms with Gasteiger partial charge < -0.3 is 9.84 Å². The maximum atomic E-state index is 13.6. The summed E-state index contributed by atoms with van der Waals surface area (Å²) in [4.78, 5) is 31.9. The lowest BCUT2D eigenvalue weighted by Crippen LogP contribution is -2.41. The first-order valence-corrected chi connectivity index (χ1v) is 12.3. The van der Waals surface area contributed by atoms with E-state index in [4.69, 9.17) is 4.74 Å². The van der Waals surface area contributed by atoms with Crippen molar-refractivity contribution in [2.75, 3.05) is 0 Å². The molecule has 2 aromatic carbocycles. The van der Waals surface area contributed by atoms with Crippen molar-refractivity contribution in [1.29, 1.82) is 0 Å². The Balaban J connectivity index is 2.15. The smallest absolute Gasteiger partial charge is 0.311 e. The fraction of sp³-hybridized carbons (Fsp3) is 0.367. The zero-order chi connectivity index (χ0) is 26.1. The number of benzene rings is 2. The number of nitrogens with zero attached hydrogens (tertiary/aromatic N) is 2. The second-order valence-electron chi connectivity index (χ2n) is 10.0. The van der Waals surface area contributed by atoms with E-state index in [9.17, 15) is 14.7 Å². The Morgan fingerprint density at radius 2 is 1.56 bits per heavy atom. The highest BCUT2D eigenvalue weighted by atomic mass is 16.6. The number of rotatable bonds is 11. The molecule has 0 bridgehead atoms. The van der Waals surface area contributed by atoms with Crippen LogP contribution in [0, 0.1) is 5.92 Å². The first kappa shape index (κ1) is 27.1. The summed E-state index contributed by atoms with van der Waals surface area (Å²) in [6.45, 7) is 8.15. The molecule has 1 aromatic heterocycles. The van der Waals surface area contributed by atoms with Gasteiger partial charge in [-0.3, -0.25) is 19.5 Å². The van der Waals surface area contributed by atoms with Crippen molar-refractivity contribution in [3.05, 3.63) is 102 Å². The van der Waals surface area contributed by atoms with Gasteiger partial charge in [0.1, 0.15) is 5.60 Å². The van der Waals surface area contributed by atoms with Crippen molar-refractivity contribution < 1.29 is 19.4 Å². The standard InChI is InChI=1S/C30H36N2O4/c1-22(24-14-9-6-10-15-24)32(21-23-12-7-5-8-13-23)28(25-16-11-19-31-20-25)26(17-18-27(33)34)29(35)36-30(2,3)4/h5-16,19-20,22,26,28H,17-18,21H2,1-4H3,(H,33,34)/t22-,26+,28-/m1/s1. The van der Waals surface area contributed by atoms with Crippen LogP contribution in [-0.2, 0) is 20.9 Å². The molecule has 0 unspecified atom stereocenters. The number of aliphatic carboxylic acids is 1. The highest BCUT2D eigenvalue weighted by Gasteiger charge is 2.39. The number of esters is 1. The summed E-state index contributed by atoms with van der Waals surface area (Å²) < 4.78 is 5.84. The fourth-order valence-electron chi connectivity index (χ4n) is 4.46. The molecule has 1 N–H and O–H groups in total. The monoisotopic (exact) mass is 488 g/mol. The van der Waals surface area contributed by atoms with Crippen LogP contribution in [0.25, 0.3) is 0 Å². The Kier molecular flexibility index (Phi) is 9.37. The molecule has 1 heterocycles. The second-order valence-corrected chi connectivity index (χ2v) is 10.0. The molecule has 3 rings (SSSR count). The summed E-state index contributed by atoms with van der Waals surface area (Å²) in [6, 6.07) is 23.5. The van der Waals surface area contributed by atoms with Crippen LogP contribution < -0.4 is 0 Å². The normalized spacial score (nSPS) is 14.1. The number of aromatic nitrogens is 1. The van der Waals surface area contributed by atoms with Gasteiger partial charge in [-0.25, -0.2) is 0 Å². The van der Waals surface area contributed by atoms with E-state index in [1.165, 1.54) is 0 Å². The van der Waals surface area contributed by atoms with Crippen molar-refractivity contribution in [2.24, 2.45) is 5.92 Å². The van der Waals surface area contributed by atoms with Gasteiger partial charge in [-0.15, -0.1) is 0 Å². The Labute approximate surface area is 214 Å². The molecule has 0 aliphatic heterocycles. The Bertz CT molecular complexity index is 1100. The Hall–Kier alpha value is -3.51. The predicted octanol–water partition coefficient (Wildman–Crippen LogP) is 6.21. The lowest BCUT2D eigenvalue weighted by atomic mass is 9.86. The zero-order valence-electron chi connectivity index (χ0n) is 21.5. The number of hydrogen-bond acceptors (Lipinski definition) is 5. The third-order valence-electron chi connectivity index (χ3n) is 6.13. The van der Waals surface area contributed by atoms with Gasteiger partial charge in [0.25, 0.3) is 0 Å². The van der Waals surface area contributed by atoms with Gasteiger partial charge in [0, 0.05) is 31.4 Å². The summed E-state index contributed by atoms with van der Waals surface area (Å²) in [7, 11) is 0. The maximum absolute atomic E-state index is 13.6. The number of carbonyl (C=O) groups excluding carboxylic acids is 1. The van der Waals surface area contributed by atoms with E-state index >= 15 is 0 Å². The van der Waals surface area contributed by atoms with Crippen LogP contribution in [0.3, 0.4) is 0 Å². The van der Waals surface area contributed by atoms with Crippen molar-refractivity contribution in [2.45, 2.75) is 64.8 Å². The number of carboxylic acids is 1. The van der Waals surface area contributed by atoms with E-state index in [1.54, 1.807) is 12.4 Å². The van der Waals surface area contributed by atoms with Crippen LogP contribution in [0.1, 0.15) is 69.3 Å². The molecule has 0 radical (unpaired) electrons. The van der Waals surface area contributed by atoms with Crippen LogP contribution in [0.15, 0.2) is 85.2 Å². The zero-order valence-corrected chi connectivity index (χ0v) is 21.5. The van der Waals surface area contributed by atoms with Crippen LogP contribution in [0.5, 0.6) is 0 Å². The number of carboxylic acid groups (broad SMARTS) is 1. The number of ether oxygens (including phenoxy) is 1. The van der Waals surface area contributed by atoms with Gasteiger partial charge >= 0.3 is 11.9 Å². The second kappa shape index (κ2) is 12.5. The molecule has 190 valence electrons. The fourth-order valence-corrected chi connectivity index (χ4v) is 4.46. The molecule has 36 heavy (non-hydrogen) atoms. The molecule has 3 atom stereocenters. The van der Waals surface area contributed by atoms with Gasteiger partial charge in [0.2, 0.25) is 0 Å². The molecule has 6 nitrogen and oxygen atoms in total. The molecule has 3 aromatic rings. The highest BCUT2D eigenvalue weighted by molar-refractivity contribution is 5.75. The van der Waals surface area contributed by atoms with Gasteiger partial charge in [-0.05, 0) is 56.9 Å². The molecular formula is C30H36N2O4. The lowest BCUT2D eigenvalue weighted by Gasteiger charge is -2.41. The number of carbonyl (C=O) groups is 2. The van der Waals surface area contributed by atoms with E-state index in [-0.39, 0.29) is 18.9 Å². The van der Waals surface area contributed by atoms with Crippen molar-refractivity contribution in [3.8, 4) is 0 Å². The molecule has 0 aliphatic carbocycles. The summed E-state index contributed by atoms with van der Waals surface area (Å²) >= 11 is 0. The van der Waals surface area contributed by atoms with Gasteiger partial charge in [0.15, 0.2) is 0 Å². The largest absolute Gasteiger partial charge is 0.481 e. The van der Waals surface area contributed by atoms with Crippen LogP contribution in [-0.4, -0.2) is 32.5 Å². The molecule has 0 amide bonds. The number of pyridine rings is 1. The van der Waals surface area contributed by atoms with Crippen molar-refractivity contribution in [1.82, 2.24) is 9.88 Å². The molecule has 0 aliphatic rings. The molecule has 6 heteroatoms. The van der Waals surface area contributed by atoms with Gasteiger partial charge in [-0.2, -0.15) is 0 Å². The average Bonchev–Trinajstić information content (AvgIpc) is 2.85. The minimum Gasteiger partial charge on any atom is -0.481 e. The van der Waals surface area contributed by atoms with E-state index in [1.807, 2.05) is 69.3 Å². The summed E-state index contributed by atoms with van der Waals surface area (Å²) in [5.74, 6) is -2.06. The number of hydrogen-bond donors (Lipinski definition) is 1. The first-order valence-electron chi connectivity index (χ1n) is 12.3. The van der Waals surface area contributed by atoms with Crippen LogP contribution in [0.4, 0.5) is 0 Å². The Morgan fingerprint density at radius 3 is 2.11 bits per heavy atom. The summed E-state index contributed by atoms with van der Waals surface area (Å²) in [5, 5.41) is 9.51. The average molecular weight is 489 g/mol. The van der Waals surface area contributed by atoms with E-state index in [0.29, 0.717) is 6.54 Å².